The van der Waals surface area contributed by atoms with Gasteiger partial charge in [0.25, 0.3) is 0 Å². The SMILES string of the molecule is CN=C(NCC(=O)NCc1ccc(OC)cc1)N1CCN(c2ccccc2OC)CC1. The highest BCUT2D eigenvalue weighted by Gasteiger charge is 2.21. The maximum Gasteiger partial charge on any atom is 0.239 e. The highest BCUT2D eigenvalue weighted by Crippen LogP contribution is 2.28. The van der Waals surface area contributed by atoms with Gasteiger partial charge in [0.05, 0.1) is 26.5 Å². The van der Waals surface area contributed by atoms with Gasteiger partial charge in [0.2, 0.25) is 5.91 Å². The van der Waals surface area contributed by atoms with Gasteiger partial charge in [0, 0.05) is 39.8 Å². The van der Waals surface area contributed by atoms with Gasteiger partial charge in [-0.3, -0.25) is 9.79 Å². The molecule has 1 fully saturated rings. The molecule has 2 N–H and O–H groups in total. The van der Waals surface area contributed by atoms with Gasteiger partial charge in [-0.2, -0.15) is 0 Å². The molecule has 8 heteroatoms. The Hall–Kier alpha value is -3.42. The molecule has 2 aromatic rings. The average molecular weight is 426 g/mol. The smallest absolute Gasteiger partial charge is 0.239 e. The predicted molar refractivity (Wildman–Crippen MR) is 123 cm³/mol. The highest BCUT2D eigenvalue weighted by molar-refractivity contribution is 5.86. The van der Waals surface area contributed by atoms with Gasteiger partial charge in [-0.1, -0.05) is 24.3 Å². The minimum Gasteiger partial charge on any atom is -0.497 e. The maximum absolute atomic E-state index is 12.3. The third kappa shape index (κ3) is 6.04. The van der Waals surface area contributed by atoms with E-state index in [4.69, 9.17) is 9.47 Å². The lowest BCUT2D eigenvalue weighted by atomic mass is 10.2. The van der Waals surface area contributed by atoms with Crippen molar-refractivity contribution in [3.8, 4) is 11.5 Å². The predicted octanol–water partition coefficient (Wildman–Crippen LogP) is 1.72. The first kappa shape index (κ1) is 22.3. The number of methoxy groups -OCH3 is 2. The Kier molecular flexibility index (Phi) is 7.98. The number of hydrogen-bond donors (Lipinski definition) is 2. The summed E-state index contributed by atoms with van der Waals surface area (Å²) < 4.78 is 10.6. The van der Waals surface area contributed by atoms with Gasteiger partial charge < -0.3 is 29.9 Å². The third-order valence-corrected chi connectivity index (χ3v) is 5.27. The van der Waals surface area contributed by atoms with Crippen LogP contribution in [0.15, 0.2) is 53.5 Å². The topological polar surface area (TPSA) is 78.4 Å². The lowest BCUT2D eigenvalue weighted by Crippen LogP contribution is -2.53. The first-order valence-corrected chi connectivity index (χ1v) is 10.4. The average Bonchev–Trinajstić information content (AvgIpc) is 2.83. The Morgan fingerprint density at radius 2 is 1.68 bits per heavy atom. The van der Waals surface area contributed by atoms with Crippen molar-refractivity contribution in [2.24, 2.45) is 4.99 Å². The van der Waals surface area contributed by atoms with E-state index in [1.807, 2.05) is 42.5 Å². The largest absolute Gasteiger partial charge is 0.497 e. The van der Waals surface area contributed by atoms with Crippen LogP contribution in [0.4, 0.5) is 5.69 Å². The van der Waals surface area contributed by atoms with E-state index < -0.39 is 0 Å². The summed E-state index contributed by atoms with van der Waals surface area (Å²) in [6.45, 7) is 3.97. The van der Waals surface area contributed by atoms with Crippen molar-refractivity contribution in [3.05, 3.63) is 54.1 Å². The first-order chi connectivity index (χ1) is 15.1. The van der Waals surface area contributed by atoms with E-state index in [1.54, 1.807) is 21.3 Å². The van der Waals surface area contributed by atoms with E-state index >= 15 is 0 Å². The quantitative estimate of drug-likeness (QED) is 0.520. The molecule has 1 aliphatic heterocycles. The van der Waals surface area contributed by atoms with E-state index in [2.05, 4.69) is 31.5 Å². The number of guanidine groups is 1. The Balaban J connectivity index is 1.44. The molecule has 1 saturated heterocycles. The van der Waals surface area contributed by atoms with Crippen molar-refractivity contribution in [2.75, 3.05) is 58.9 Å². The van der Waals surface area contributed by atoms with Crippen LogP contribution in [0.2, 0.25) is 0 Å². The minimum atomic E-state index is -0.0791. The van der Waals surface area contributed by atoms with E-state index in [0.29, 0.717) is 6.54 Å². The zero-order chi connectivity index (χ0) is 22.1. The van der Waals surface area contributed by atoms with Crippen molar-refractivity contribution < 1.29 is 14.3 Å². The van der Waals surface area contributed by atoms with Crippen LogP contribution in [0.3, 0.4) is 0 Å². The second kappa shape index (κ2) is 11.1. The van der Waals surface area contributed by atoms with Gasteiger partial charge in [-0.25, -0.2) is 0 Å². The fourth-order valence-electron chi connectivity index (χ4n) is 3.55. The Morgan fingerprint density at radius 3 is 2.32 bits per heavy atom. The molecule has 0 saturated carbocycles. The molecule has 1 amide bonds. The first-order valence-electron chi connectivity index (χ1n) is 10.4. The summed E-state index contributed by atoms with van der Waals surface area (Å²) in [5, 5.41) is 6.09. The number of piperazine rings is 1. The molecule has 0 bridgehead atoms. The zero-order valence-corrected chi connectivity index (χ0v) is 18.4. The van der Waals surface area contributed by atoms with Crippen LogP contribution in [0, 0.1) is 0 Å². The van der Waals surface area contributed by atoms with Crippen molar-refractivity contribution in [1.29, 1.82) is 0 Å². The van der Waals surface area contributed by atoms with Crippen LogP contribution in [0.1, 0.15) is 5.56 Å². The van der Waals surface area contributed by atoms with E-state index in [0.717, 1.165) is 54.9 Å². The van der Waals surface area contributed by atoms with Crippen LogP contribution in [-0.4, -0.2) is 70.8 Å². The van der Waals surface area contributed by atoms with E-state index in [9.17, 15) is 4.79 Å². The second-order valence-electron chi connectivity index (χ2n) is 7.17. The number of benzene rings is 2. The van der Waals surface area contributed by atoms with Crippen LogP contribution in [-0.2, 0) is 11.3 Å². The molecule has 0 radical (unpaired) electrons. The monoisotopic (exact) mass is 425 g/mol. The number of hydrogen-bond acceptors (Lipinski definition) is 5. The Labute approximate surface area is 183 Å². The minimum absolute atomic E-state index is 0.0791. The molecule has 31 heavy (non-hydrogen) atoms. The van der Waals surface area contributed by atoms with Crippen LogP contribution in [0.25, 0.3) is 0 Å². The number of aliphatic imine (C=N–C) groups is 1. The normalized spacial score (nSPS) is 14.2. The number of ether oxygens (including phenoxy) is 2. The van der Waals surface area contributed by atoms with Crippen molar-refractivity contribution in [1.82, 2.24) is 15.5 Å². The lowest BCUT2D eigenvalue weighted by Gasteiger charge is -2.38. The van der Waals surface area contributed by atoms with E-state index in [1.165, 1.54) is 0 Å². The summed E-state index contributed by atoms with van der Waals surface area (Å²) in [5.41, 5.74) is 2.12. The molecule has 0 aromatic heterocycles. The van der Waals surface area contributed by atoms with Crippen LogP contribution in [0.5, 0.6) is 11.5 Å². The van der Waals surface area contributed by atoms with Gasteiger partial charge in [0.15, 0.2) is 5.96 Å². The number of nitrogens with zero attached hydrogens (tertiary/aromatic N) is 3. The molecule has 0 spiro atoms. The Bertz CT molecular complexity index is 877. The number of nitrogens with one attached hydrogen (secondary N) is 2. The molecule has 0 atom stereocenters. The molecule has 0 unspecified atom stereocenters. The summed E-state index contributed by atoms with van der Waals surface area (Å²) in [6.07, 6.45) is 0. The summed E-state index contributed by atoms with van der Waals surface area (Å²) >= 11 is 0. The number of rotatable bonds is 7. The van der Waals surface area contributed by atoms with Gasteiger partial charge in [-0.15, -0.1) is 0 Å². The standard InChI is InChI=1S/C23H31N5O3/c1-24-23(26-17-22(29)25-16-18-8-10-19(30-2)11-9-18)28-14-12-27(13-15-28)20-6-4-5-7-21(20)31-3/h4-11H,12-17H2,1-3H3,(H,24,26)(H,25,29). The fraction of sp³-hybridized carbons (Fsp3) is 0.391. The Morgan fingerprint density at radius 1 is 0.968 bits per heavy atom. The lowest BCUT2D eigenvalue weighted by molar-refractivity contribution is -0.120. The highest BCUT2D eigenvalue weighted by atomic mass is 16.5. The summed E-state index contributed by atoms with van der Waals surface area (Å²) in [4.78, 5) is 21.1. The number of para-hydroxylation sites is 2. The molecule has 2 aromatic carbocycles. The van der Waals surface area contributed by atoms with Gasteiger partial charge in [-0.05, 0) is 29.8 Å². The van der Waals surface area contributed by atoms with E-state index in [-0.39, 0.29) is 12.5 Å². The van der Waals surface area contributed by atoms with Gasteiger partial charge in [0.1, 0.15) is 11.5 Å². The molecule has 3 rings (SSSR count). The molecule has 8 nitrogen and oxygen atoms in total. The van der Waals surface area contributed by atoms with Crippen molar-refractivity contribution >= 4 is 17.6 Å². The number of anilines is 1. The second-order valence-corrected chi connectivity index (χ2v) is 7.17. The zero-order valence-electron chi connectivity index (χ0n) is 18.4. The fourth-order valence-corrected chi connectivity index (χ4v) is 3.55. The summed E-state index contributed by atoms with van der Waals surface area (Å²) in [7, 11) is 5.07. The summed E-state index contributed by atoms with van der Waals surface area (Å²) in [6, 6.07) is 15.7. The molecule has 1 aliphatic rings. The van der Waals surface area contributed by atoms with Gasteiger partial charge >= 0.3 is 0 Å². The number of carbonyl (C=O) groups is 1. The maximum atomic E-state index is 12.3. The third-order valence-electron chi connectivity index (χ3n) is 5.27. The molecular formula is C23H31N5O3. The van der Waals surface area contributed by atoms with Crippen LogP contribution >= 0.6 is 0 Å². The molecule has 166 valence electrons. The van der Waals surface area contributed by atoms with Crippen LogP contribution < -0.4 is 25.0 Å². The number of carbonyl (C=O) groups excluding carboxylic acids is 1. The number of amides is 1. The molecular weight excluding hydrogens is 394 g/mol. The molecule has 0 aliphatic carbocycles. The van der Waals surface area contributed by atoms with Crippen molar-refractivity contribution in [3.63, 3.8) is 0 Å². The summed E-state index contributed by atoms with van der Waals surface area (Å²) in [5.74, 6) is 2.34. The molecule has 1 heterocycles. The van der Waals surface area contributed by atoms with Crippen molar-refractivity contribution in [2.45, 2.75) is 6.54 Å².